The van der Waals surface area contributed by atoms with Gasteiger partial charge in [0.05, 0.1) is 6.61 Å². The summed E-state index contributed by atoms with van der Waals surface area (Å²) in [7, 11) is 1.74. The maximum atomic E-state index is 5.65. The second kappa shape index (κ2) is 5.27. The van der Waals surface area contributed by atoms with E-state index in [-0.39, 0.29) is 0 Å². The van der Waals surface area contributed by atoms with E-state index in [0.717, 1.165) is 26.1 Å². The van der Waals surface area contributed by atoms with Crippen LogP contribution < -0.4 is 10.6 Å². The molecule has 1 aromatic rings. The quantitative estimate of drug-likeness (QED) is 0.830. The molecule has 2 N–H and O–H groups in total. The second-order valence-electron chi connectivity index (χ2n) is 4.45. The Morgan fingerprint density at radius 1 is 1.41 bits per heavy atom. The minimum atomic E-state index is 0.293. The normalized spacial score (nSPS) is 20.6. The lowest BCUT2D eigenvalue weighted by Crippen LogP contribution is -2.38. The molecule has 1 aliphatic heterocycles. The zero-order valence-corrected chi connectivity index (χ0v) is 10.4. The second-order valence-corrected chi connectivity index (χ2v) is 4.45. The van der Waals surface area contributed by atoms with Gasteiger partial charge in [0.2, 0.25) is 11.9 Å². The van der Waals surface area contributed by atoms with Crippen LogP contribution in [0.2, 0.25) is 0 Å². The van der Waals surface area contributed by atoms with Crippen LogP contribution in [0.25, 0.3) is 0 Å². The van der Waals surface area contributed by atoms with Gasteiger partial charge in [-0.25, -0.2) is 0 Å². The molecule has 1 fully saturated rings. The first kappa shape index (κ1) is 12.0. The van der Waals surface area contributed by atoms with Gasteiger partial charge in [-0.1, -0.05) is 0 Å². The fourth-order valence-corrected chi connectivity index (χ4v) is 2.25. The van der Waals surface area contributed by atoms with Crippen molar-refractivity contribution >= 4 is 11.9 Å². The van der Waals surface area contributed by atoms with Crippen molar-refractivity contribution in [2.24, 2.45) is 5.92 Å². The number of nitrogen functional groups attached to an aromatic ring is 1. The first-order chi connectivity index (χ1) is 8.19. The minimum Gasteiger partial charge on any atom is -0.384 e. The maximum absolute atomic E-state index is 5.65. The highest BCUT2D eigenvalue weighted by Gasteiger charge is 2.22. The van der Waals surface area contributed by atoms with Crippen molar-refractivity contribution in [1.82, 2.24) is 15.0 Å². The van der Waals surface area contributed by atoms with E-state index in [0.29, 0.717) is 23.6 Å². The molecule has 0 aromatic carbocycles. The fourth-order valence-electron chi connectivity index (χ4n) is 2.25. The molecule has 0 spiro atoms. The van der Waals surface area contributed by atoms with Crippen LogP contribution in [0.5, 0.6) is 0 Å². The molecule has 2 rings (SSSR count). The van der Waals surface area contributed by atoms with Gasteiger partial charge in [-0.05, 0) is 25.7 Å². The summed E-state index contributed by atoms with van der Waals surface area (Å²) in [5.41, 5.74) is 5.65. The van der Waals surface area contributed by atoms with Crippen molar-refractivity contribution in [3.63, 3.8) is 0 Å². The number of rotatable bonds is 3. The third kappa shape index (κ3) is 3.03. The van der Waals surface area contributed by atoms with Crippen LogP contribution in [0.4, 0.5) is 11.9 Å². The van der Waals surface area contributed by atoms with Crippen LogP contribution in [-0.4, -0.2) is 41.8 Å². The molecule has 6 nitrogen and oxygen atoms in total. The van der Waals surface area contributed by atoms with Gasteiger partial charge in [0.1, 0.15) is 5.82 Å². The molecule has 94 valence electrons. The number of methoxy groups -OCH3 is 1. The fraction of sp³-hybridized carbons (Fsp3) is 0.727. The number of nitrogens with zero attached hydrogens (tertiary/aromatic N) is 4. The predicted molar refractivity (Wildman–Crippen MR) is 65.8 cm³/mol. The first-order valence-corrected chi connectivity index (χ1v) is 5.91. The lowest BCUT2D eigenvalue weighted by atomic mass is 9.99. The van der Waals surface area contributed by atoms with Crippen LogP contribution in [0.15, 0.2) is 0 Å². The Bertz CT molecular complexity index is 362. The summed E-state index contributed by atoms with van der Waals surface area (Å²) in [5.74, 6) is 2.20. The molecule has 0 bridgehead atoms. The van der Waals surface area contributed by atoms with Gasteiger partial charge in [0.15, 0.2) is 0 Å². The number of hydrogen-bond donors (Lipinski definition) is 1. The van der Waals surface area contributed by atoms with Gasteiger partial charge in [0.25, 0.3) is 0 Å². The van der Waals surface area contributed by atoms with Gasteiger partial charge in [-0.15, -0.1) is 0 Å². The van der Waals surface area contributed by atoms with Crippen molar-refractivity contribution in [2.45, 2.75) is 19.8 Å². The highest BCUT2D eigenvalue weighted by molar-refractivity contribution is 5.35. The summed E-state index contributed by atoms with van der Waals surface area (Å²) >= 11 is 0. The van der Waals surface area contributed by atoms with Crippen LogP contribution >= 0.6 is 0 Å². The number of hydrogen-bond acceptors (Lipinski definition) is 6. The largest absolute Gasteiger partial charge is 0.384 e. The van der Waals surface area contributed by atoms with Gasteiger partial charge < -0.3 is 15.4 Å². The van der Waals surface area contributed by atoms with E-state index in [1.54, 1.807) is 7.11 Å². The molecule has 6 heteroatoms. The van der Waals surface area contributed by atoms with Crippen LogP contribution in [0.1, 0.15) is 18.7 Å². The topological polar surface area (TPSA) is 77.2 Å². The highest BCUT2D eigenvalue weighted by atomic mass is 16.5. The maximum Gasteiger partial charge on any atom is 0.230 e. The van der Waals surface area contributed by atoms with Crippen molar-refractivity contribution in [3.05, 3.63) is 5.82 Å². The molecule has 1 saturated heterocycles. The Morgan fingerprint density at radius 3 is 2.94 bits per heavy atom. The summed E-state index contributed by atoms with van der Waals surface area (Å²) in [4.78, 5) is 14.7. The smallest absolute Gasteiger partial charge is 0.230 e. The molecule has 0 radical (unpaired) electrons. The highest BCUT2D eigenvalue weighted by Crippen LogP contribution is 2.20. The Kier molecular flexibility index (Phi) is 3.73. The number of piperidine rings is 1. The van der Waals surface area contributed by atoms with E-state index >= 15 is 0 Å². The minimum absolute atomic E-state index is 0.293. The molecule has 2 heterocycles. The molecule has 0 saturated carbocycles. The van der Waals surface area contributed by atoms with Crippen LogP contribution in [0.3, 0.4) is 0 Å². The summed E-state index contributed by atoms with van der Waals surface area (Å²) in [5, 5.41) is 0. The van der Waals surface area contributed by atoms with E-state index in [1.807, 2.05) is 6.92 Å². The van der Waals surface area contributed by atoms with Gasteiger partial charge in [-0.3, -0.25) is 0 Å². The molecule has 1 aromatic heterocycles. The molecule has 1 unspecified atom stereocenters. The summed E-state index contributed by atoms with van der Waals surface area (Å²) < 4.78 is 5.21. The average molecular weight is 237 g/mol. The first-order valence-electron chi connectivity index (χ1n) is 5.91. The van der Waals surface area contributed by atoms with Crippen molar-refractivity contribution in [3.8, 4) is 0 Å². The van der Waals surface area contributed by atoms with Gasteiger partial charge in [-0.2, -0.15) is 15.0 Å². The third-order valence-electron chi connectivity index (χ3n) is 2.96. The van der Waals surface area contributed by atoms with E-state index in [1.165, 1.54) is 6.42 Å². The van der Waals surface area contributed by atoms with Crippen LogP contribution in [-0.2, 0) is 4.74 Å². The number of ether oxygens (including phenoxy) is 1. The molecule has 1 atom stereocenters. The summed E-state index contributed by atoms with van der Waals surface area (Å²) in [6, 6.07) is 0. The van der Waals surface area contributed by atoms with Gasteiger partial charge >= 0.3 is 0 Å². The van der Waals surface area contributed by atoms with E-state index < -0.39 is 0 Å². The molecule has 1 aliphatic rings. The lowest BCUT2D eigenvalue weighted by molar-refractivity contribution is 0.143. The Morgan fingerprint density at radius 2 is 2.24 bits per heavy atom. The number of aryl methyl sites for hydroxylation is 1. The predicted octanol–water partition coefficient (Wildman–Crippen LogP) is 0.625. The number of nitrogens with two attached hydrogens (primary N) is 1. The molecule has 17 heavy (non-hydrogen) atoms. The Hall–Kier alpha value is -1.43. The van der Waals surface area contributed by atoms with E-state index in [9.17, 15) is 0 Å². The Labute approximate surface area is 101 Å². The average Bonchev–Trinajstić information content (AvgIpc) is 2.28. The monoisotopic (exact) mass is 237 g/mol. The van der Waals surface area contributed by atoms with Crippen molar-refractivity contribution < 1.29 is 4.74 Å². The third-order valence-corrected chi connectivity index (χ3v) is 2.96. The SMILES string of the molecule is COCC1CCCN(c2nc(C)nc(N)n2)C1. The molecular weight excluding hydrogens is 218 g/mol. The standard InChI is InChI=1S/C11H19N5O/c1-8-13-10(12)15-11(14-8)16-5-3-4-9(6-16)7-17-2/h9H,3-7H2,1-2H3,(H2,12,13,14,15). The van der Waals surface area contributed by atoms with Crippen molar-refractivity contribution in [1.29, 1.82) is 0 Å². The Balaban J connectivity index is 2.10. The molecular formula is C11H19N5O. The van der Waals surface area contributed by atoms with Crippen LogP contribution in [0, 0.1) is 12.8 Å². The molecule has 0 aliphatic carbocycles. The van der Waals surface area contributed by atoms with E-state index in [4.69, 9.17) is 10.5 Å². The summed E-state index contributed by atoms with van der Waals surface area (Å²) in [6.07, 6.45) is 2.34. The van der Waals surface area contributed by atoms with E-state index in [2.05, 4.69) is 19.9 Å². The lowest BCUT2D eigenvalue weighted by Gasteiger charge is -2.32. The zero-order chi connectivity index (χ0) is 12.3. The summed E-state index contributed by atoms with van der Waals surface area (Å²) in [6.45, 7) is 4.52. The zero-order valence-electron chi connectivity index (χ0n) is 10.4. The number of anilines is 2. The number of aromatic nitrogens is 3. The van der Waals surface area contributed by atoms with Gasteiger partial charge in [0, 0.05) is 20.2 Å². The molecule has 0 amide bonds. The van der Waals surface area contributed by atoms with Crippen molar-refractivity contribution in [2.75, 3.05) is 37.4 Å².